The number of hydrogen-bond donors (Lipinski definition) is 0. The summed E-state index contributed by atoms with van der Waals surface area (Å²) in [6.45, 7) is 12.9. The number of benzene rings is 2. The predicted molar refractivity (Wildman–Crippen MR) is 98.9 cm³/mol. The number of amidine groups is 1. The van der Waals surface area contributed by atoms with E-state index in [0.29, 0.717) is 0 Å². The Kier molecular flexibility index (Phi) is 2.90. The Morgan fingerprint density at radius 3 is 2.61 bits per heavy atom. The monoisotopic (exact) mass is 302 g/mol. The molecule has 0 saturated carbocycles. The second kappa shape index (κ2) is 4.64. The molecule has 2 heteroatoms. The van der Waals surface area contributed by atoms with Gasteiger partial charge in [-0.15, -0.1) is 0 Å². The highest BCUT2D eigenvalue weighted by molar-refractivity contribution is 6.13. The first-order chi connectivity index (χ1) is 10.9. The third-order valence-electron chi connectivity index (χ3n) is 5.34. The summed E-state index contributed by atoms with van der Waals surface area (Å²) in [5, 5.41) is 2.64. The lowest BCUT2D eigenvalue weighted by Gasteiger charge is -2.32. The van der Waals surface area contributed by atoms with Crippen LogP contribution in [-0.4, -0.2) is 17.6 Å². The van der Waals surface area contributed by atoms with E-state index in [1.54, 1.807) is 0 Å². The fourth-order valence-electron chi connectivity index (χ4n) is 4.37. The molecule has 2 unspecified atom stereocenters. The highest BCUT2D eigenvalue weighted by Crippen LogP contribution is 2.52. The molecule has 0 radical (unpaired) electrons. The molecule has 0 spiro atoms. The van der Waals surface area contributed by atoms with Gasteiger partial charge >= 0.3 is 0 Å². The Bertz CT molecular complexity index is 899. The molecule has 1 aliphatic carbocycles. The summed E-state index contributed by atoms with van der Waals surface area (Å²) in [7, 11) is 0. The summed E-state index contributed by atoms with van der Waals surface area (Å²) in [5.41, 5.74) is 4.93. The van der Waals surface area contributed by atoms with Crippen LogP contribution in [0.5, 0.6) is 0 Å². The molecular formula is C21H22N2. The van der Waals surface area contributed by atoms with E-state index in [-0.39, 0.29) is 17.4 Å². The van der Waals surface area contributed by atoms with Crippen molar-refractivity contribution in [1.29, 1.82) is 0 Å². The van der Waals surface area contributed by atoms with E-state index < -0.39 is 0 Å². The number of fused-ring (bicyclic) bond motifs is 5. The standard InChI is InChI=1S/C21H22N2/c1-12(2)19-17-16-11-10-14-8-6-7-9-15(14)18(16)21(4,5)20(17)23-13(3)22-19/h6-11,17,20H,1H2,2-5H3. The van der Waals surface area contributed by atoms with Gasteiger partial charge < -0.3 is 0 Å². The second-order valence-corrected chi connectivity index (χ2v) is 7.35. The molecule has 0 bridgehead atoms. The molecule has 4 rings (SSSR count). The normalized spacial score (nSPS) is 24.7. The highest BCUT2D eigenvalue weighted by atomic mass is 15.0. The topological polar surface area (TPSA) is 24.7 Å². The SMILES string of the molecule is C=C(C)C1=NC(C)=NC2C1c1ccc3ccccc3c1C2(C)C. The third kappa shape index (κ3) is 1.87. The van der Waals surface area contributed by atoms with Crippen LogP contribution in [0.2, 0.25) is 0 Å². The van der Waals surface area contributed by atoms with Gasteiger partial charge in [-0.05, 0) is 41.3 Å². The van der Waals surface area contributed by atoms with Crippen LogP contribution in [0.1, 0.15) is 44.7 Å². The molecule has 2 nitrogen and oxygen atoms in total. The van der Waals surface area contributed by atoms with Crippen LogP contribution >= 0.6 is 0 Å². The van der Waals surface area contributed by atoms with Crippen LogP contribution in [0.4, 0.5) is 0 Å². The zero-order valence-corrected chi connectivity index (χ0v) is 14.2. The van der Waals surface area contributed by atoms with Gasteiger partial charge in [-0.25, -0.2) is 4.99 Å². The number of rotatable bonds is 1. The van der Waals surface area contributed by atoms with E-state index in [1.807, 2.05) is 6.92 Å². The zero-order chi connectivity index (χ0) is 16.4. The van der Waals surface area contributed by atoms with Crippen molar-refractivity contribution in [2.45, 2.75) is 45.1 Å². The molecule has 116 valence electrons. The Morgan fingerprint density at radius 2 is 1.87 bits per heavy atom. The minimum Gasteiger partial charge on any atom is -0.265 e. The summed E-state index contributed by atoms with van der Waals surface area (Å²) in [6.07, 6.45) is 0. The summed E-state index contributed by atoms with van der Waals surface area (Å²) in [6, 6.07) is 13.4. The van der Waals surface area contributed by atoms with Crippen molar-refractivity contribution in [1.82, 2.24) is 0 Å². The maximum Gasteiger partial charge on any atom is 0.120 e. The maximum absolute atomic E-state index is 4.94. The van der Waals surface area contributed by atoms with Gasteiger partial charge in [0.25, 0.3) is 0 Å². The maximum atomic E-state index is 4.94. The van der Waals surface area contributed by atoms with Crippen molar-refractivity contribution in [2.24, 2.45) is 9.98 Å². The van der Waals surface area contributed by atoms with Gasteiger partial charge in [0, 0.05) is 5.41 Å². The predicted octanol–water partition coefficient (Wildman–Crippen LogP) is 5.03. The molecule has 2 aromatic carbocycles. The molecular weight excluding hydrogens is 280 g/mol. The van der Waals surface area contributed by atoms with Crippen molar-refractivity contribution in [3.63, 3.8) is 0 Å². The van der Waals surface area contributed by atoms with Crippen LogP contribution in [0, 0.1) is 0 Å². The minimum absolute atomic E-state index is 0.0151. The molecule has 1 heterocycles. The molecule has 0 amide bonds. The first kappa shape index (κ1) is 14.4. The Balaban J connectivity index is 2.06. The second-order valence-electron chi connectivity index (χ2n) is 7.35. The lowest BCUT2D eigenvalue weighted by molar-refractivity contribution is 0.433. The Labute approximate surface area is 137 Å². The summed E-state index contributed by atoms with van der Waals surface area (Å²) in [5.74, 6) is 1.10. The summed E-state index contributed by atoms with van der Waals surface area (Å²) in [4.78, 5) is 9.68. The van der Waals surface area contributed by atoms with Gasteiger partial charge in [0.1, 0.15) is 5.84 Å². The lowest BCUT2D eigenvalue weighted by atomic mass is 9.78. The van der Waals surface area contributed by atoms with E-state index in [4.69, 9.17) is 9.98 Å². The lowest BCUT2D eigenvalue weighted by Crippen LogP contribution is -2.36. The quantitative estimate of drug-likeness (QED) is 0.705. The molecule has 0 fully saturated rings. The van der Waals surface area contributed by atoms with Crippen molar-refractivity contribution < 1.29 is 0 Å². The molecule has 2 atom stereocenters. The molecule has 2 aliphatic rings. The third-order valence-corrected chi connectivity index (χ3v) is 5.34. The van der Waals surface area contributed by atoms with E-state index in [2.05, 4.69) is 63.7 Å². The smallest absolute Gasteiger partial charge is 0.120 e. The number of nitrogens with zero attached hydrogens (tertiary/aromatic N) is 2. The Hall–Kier alpha value is -2.22. The number of hydrogen-bond acceptors (Lipinski definition) is 2. The van der Waals surface area contributed by atoms with Gasteiger partial charge in [-0.2, -0.15) is 0 Å². The van der Waals surface area contributed by atoms with E-state index in [9.17, 15) is 0 Å². The summed E-state index contributed by atoms with van der Waals surface area (Å²) >= 11 is 0. The van der Waals surface area contributed by atoms with Crippen molar-refractivity contribution >= 4 is 22.3 Å². The zero-order valence-electron chi connectivity index (χ0n) is 14.2. The van der Waals surface area contributed by atoms with Crippen molar-refractivity contribution in [3.05, 3.63) is 59.7 Å². The number of aliphatic imine (C=N–C) groups is 2. The number of allylic oxidation sites excluding steroid dienone is 1. The van der Waals surface area contributed by atoms with Crippen LogP contribution in [-0.2, 0) is 5.41 Å². The fourth-order valence-corrected chi connectivity index (χ4v) is 4.37. The van der Waals surface area contributed by atoms with E-state index in [0.717, 1.165) is 17.1 Å². The van der Waals surface area contributed by atoms with Gasteiger partial charge in [0.05, 0.1) is 17.7 Å². The molecule has 1 aliphatic heterocycles. The average molecular weight is 302 g/mol. The first-order valence-corrected chi connectivity index (χ1v) is 8.22. The van der Waals surface area contributed by atoms with Crippen LogP contribution < -0.4 is 0 Å². The summed E-state index contributed by atoms with van der Waals surface area (Å²) < 4.78 is 0. The van der Waals surface area contributed by atoms with Crippen LogP contribution in [0.3, 0.4) is 0 Å². The van der Waals surface area contributed by atoms with Gasteiger partial charge in [0.2, 0.25) is 0 Å². The average Bonchev–Trinajstić information content (AvgIpc) is 2.75. The highest BCUT2D eigenvalue weighted by Gasteiger charge is 2.50. The van der Waals surface area contributed by atoms with Gasteiger partial charge in [0.15, 0.2) is 0 Å². The van der Waals surface area contributed by atoms with E-state index in [1.165, 1.54) is 21.9 Å². The fraction of sp³-hybridized carbons (Fsp3) is 0.333. The Morgan fingerprint density at radius 1 is 1.13 bits per heavy atom. The molecule has 0 aromatic heterocycles. The first-order valence-electron chi connectivity index (χ1n) is 8.22. The minimum atomic E-state index is -0.0151. The van der Waals surface area contributed by atoms with Crippen molar-refractivity contribution in [2.75, 3.05) is 0 Å². The van der Waals surface area contributed by atoms with Gasteiger partial charge in [-0.1, -0.05) is 56.8 Å². The molecule has 2 aromatic rings. The van der Waals surface area contributed by atoms with E-state index >= 15 is 0 Å². The van der Waals surface area contributed by atoms with Crippen LogP contribution in [0.25, 0.3) is 10.8 Å². The van der Waals surface area contributed by atoms with Crippen LogP contribution in [0.15, 0.2) is 58.5 Å². The molecule has 0 saturated heterocycles. The van der Waals surface area contributed by atoms with Gasteiger partial charge in [-0.3, -0.25) is 4.99 Å². The molecule has 0 N–H and O–H groups in total. The van der Waals surface area contributed by atoms with Crippen molar-refractivity contribution in [3.8, 4) is 0 Å². The largest absolute Gasteiger partial charge is 0.265 e. The molecule has 23 heavy (non-hydrogen) atoms.